The molecule has 1 heterocycles. The molecule has 0 bridgehead atoms. The summed E-state index contributed by atoms with van der Waals surface area (Å²) in [6.07, 6.45) is 1.90. The number of halogens is 1. The molecule has 0 aliphatic carbocycles. The number of rotatable bonds is 5. The molecule has 112 valence electrons. The van der Waals surface area contributed by atoms with E-state index in [-0.39, 0.29) is 10.0 Å². The number of anilines is 1. The van der Waals surface area contributed by atoms with Crippen LogP contribution in [0.1, 0.15) is 18.3 Å². The first kappa shape index (κ1) is 15.9. The number of nitrogens with one attached hydrogen (secondary N) is 2. The van der Waals surface area contributed by atoms with E-state index in [0.29, 0.717) is 23.5 Å². The topological polar surface area (TPSA) is 101 Å². The molecule has 21 heavy (non-hydrogen) atoms. The maximum atomic E-state index is 12.3. The zero-order chi connectivity index (χ0) is 15.6. The zero-order valence-corrected chi connectivity index (χ0v) is 14.3. The van der Waals surface area contributed by atoms with E-state index in [2.05, 4.69) is 30.6 Å². The highest BCUT2D eigenvalue weighted by Crippen LogP contribution is 2.23. The summed E-state index contributed by atoms with van der Waals surface area (Å²) in [5, 5.41) is -0.00356. The van der Waals surface area contributed by atoms with Crippen LogP contribution in [0.3, 0.4) is 0 Å². The van der Waals surface area contributed by atoms with Crippen molar-refractivity contribution in [1.82, 2.24) is 9.97 Å². The lowest BCUT2D eigenvalue weighted by atomic mass is 10.2. The maximum absolute atomic E-state index is 12.3. The summed E-state index contributed by atoms with van der Waals surface area (Å²) in [5.41, 5.74) is 6.38. The van der Waals surface area contributed by atoms with E-state index in [1.165, 1.54) is 6.20 Å². The molecule has 2 aromatic rings. The average molecular weight is 389 g/mol. The fourth-order valence-electron chi connectivity index (χ4n) is 1.67. The van der Waals surface area contributed by atoms with Crippen LogP contribution in [0, 0.1) is 0 Å². The predicted molar refractivity (Wildman–Crippen MR) is 88.8 cm³/mol. The first-order valence-corrected chi connectivity index (χ1v) is 8.68. The van der Waals surface area contributed by atoms with Gasteiger partial charge in [-0.1, -0.05) is 35.1 Å². The Kier molecular flexibility index (Phi) is 4.64. The van der Waals surface area contributed by atoms with Crippen molar-refractivity contribution in [3.8, 4) is 0 Å². The Labute approximate surface area is 136 Å². The number of hydrogen-bond donors (Lipinski definition) is 3. The van der Waals surface area contributed by atoms with Crippen molar-refractivity contribution in [3.63, 3.8) is 0 Å². The molecule has 0 fully saturated rings. The molecule has 4 N–H and O–H groups in total. The number of aromatic nitrogens is 2. The Morgan fingerprint density at radius 2 is 2.24 bits per heavy atom. The van der Waals surface area contributed by atoms with E-state index >= 15 is 0 Å². The smallest absolute Gasteiger partial charge is 0.279 e. The molecule has 0 atom stereocenters. The van der Waals surface area contributed by atoms with E-state index in [4.69, 9.17) is 18.0 Å². The fourth-order valence-corrected chi connectivity index (χ4v) is 3.22. The summed E-state index contributed by atoms with van der Waals surface area (Å²) in [4.78, 5) is 6.83. The lowest BCUT2D eigenvalue weighted by Gasteiger charge is -2.11. The highest BCUT2D eigenvalue weighted by atomic mass is 79.9. The first-order chi connectivity index (χ1) is 9.83. The Hall–Kier alpha value is -1.45. The second-order valence-electron chi connectivity index (χ2n) is 4.21. The van der Waals surface area contributed by atoms with Gasteiger partial charge in [-0.15, -0.1) is 0 Å². The van der Waals surface area contributed by atoms with Crippen LogP contribution < -0.4 is 10.5 Å². The number of benzene rings is 1. The molecular weight excluding hydrogens is 376 g/mol. The molecular formula is C12H13BrN4O2S2. The van der Waals surface area contributed by atoms with Gasteiger partial charge in [0.05, 0.1) is 11.9 Å². The highest BCUT2D eigenvalue weighted by Gasteiger charge is 2.19. The summed E-state index contributed by atoms with van der Waals surface area (Å²) in [7, 11) is -3.77. The fraction of sp³-hybridized carbons (Fsp3) is 0.167. The number of nitrogens with two attached hydrogens (primary N) is 1. The molecule has 0 aliphatic heterocycles. The second kappa shape index (κ2) is 6.12. The summed E-state index contributed by atoms with van der Waals surface area (Å²) >= 11 is 8.23. The molecule has 0 saturated carbocycles. The SMILES string of the molecule is CCc1ncc(S(=O)(=O)Nc2ccc(Br)cc2C(N)=S)[nH]1. The molecule has 6 nitrogen and oxygen atoms in total. The van der Waals surface area contributed by atoms with Gasteiger partial charge in [0.1, 0.15) is 10.8 Å². The second-order valence-corrected chi connectivity index (χ2v) is 7.21. The molecule has 9 heteroatoms. The molecule has 0 aliphatic rings. The predicted octanol–water partition coefficient (Wildman–Crippen LogP) is 2.17. The lowest BCUT2D eigenvalue weighted by Crippen LogP contribution is -2.18. The van der Waals surface area contributed by atoms with Crippen molar-refractivity contribution >= 4 is 48.8 Å². The molecule has 0 amide bonds. The van der Waals surface area contributed by atoms with Gasteiger partial charge in [0, 0.05) is 16.5 Å². The minimum Gasteiger partial charge on any atom is -0.389 e. The molecule has 0 saturated heterocycles. The van der Waals surface area contributed by atoms with E-state index in [0.717, 1.165) is 4.47 Å². The minimum absolute atomic E-state index is 0.00356. The zero-order valence-electron chi connectivity index (χ0n) is 11.1. The lowest BCUT2D eigenvalue weighted by molar-refractivity contribution is 0.598. The normalized spacial score (nSPS) is 11.3. The van der Waals surface area contributed by atoms with Gasteiger partial charge in [0.15, 0.2) is 5.03 Å². The van der Waals surface area contributed by atoms with E-state index < -0.39 is 10.0 Å². The van der Waals surface area contributed by atoms with Crippen LogP contribution in [0.5, 0.6) is 0 Å². The third-order valence-electron chi connectivity index (χ3n) is 2.72. The molecule has 0 unspecified atom stereocenters. The van der Waals surface area contributed by atoms with Crippen LogP contribution in [-0.2, 0) is 16.4 Å². The van der Waals surface area contributed by atoms with Crippen LogP contribution in [0.4, 0.5) is 5.69 Å². The summed E-state index contributed by atoms with van der Waals surface area (Å²) in [6, 6.07) is 4.95. The van der Waals surface area contributed by atoms with Crippen LogP contribution in [0.2, 0.25) is 0 Å². The van der Waals surface area contributed by atoms with Crippen molar-refractivity contribution < 1.29 is 8.42 Å². The molecule has 1 aromatic heterocycles. The molecule has 1 aromatic carbocycles. The van der Waals surface area contributed by atoms with Gasteiger partial charge in [0.25, 0.3) is 10.0 Å². The number of thiocarbonyl (C=S) groups is 1. The quantitative estimate of drug-likeness (QED) is 0.681. The van der Waals surface area contributed by atoms with Gasteiger partial charge >= 0.3 is 0 Å². The van der Waals surface area contributed by atoms with Gasteiger partial charge in [0.2, 0.25) is 0 Å². The van der Waals surface area contributed by atoms with Crippen molar-refractivity contribution in [1.29, 1.82) is 0 Å². The maximum Gasteiger partial charge on any atom is 0.279 e. The highest BCUT2D eigenvalue weighted by molar-refractivity contribution is 9.10. The van der Waals surface area contributed by atoms with Gasteiger partial charge in [-0.2, -0.15) is 8.42 Å². The Balaban J connectivity index is 2.39. The third kappa shape index (κ3) is 3.60. The largest absolute Gasteiger partial charge is 0.389 e. The molecule has 0 spiro atoms. The molecule has 0 radical (unpaired) electrons. The van der Waals surface area contributed by atoms with Crippen molar-refractivity contribution in [2.24, 2.45) is 5.73 Å². The first-order valence-electron chi connectivity index (χ1n) is 5.99. The van der Waals surface area contributed by atoms with Crippen molar-refractivity contribution in [2.75, 3.05) is 4.72 Å². The number of H-pyrrole nitrogens is 1. The van der Waals surface area contributed by atoms with Gasteiger partial charge in [-0.3, -0.25) is 4.72 Å². The standard InChI is InChI=1S/C12H13BrN4O2S2/c1-2-10-15-6-11(16-10)21(18,19)17-9-4-3-7(13)5-8(9)12(14)20/h3-6,17H,2H2,1H3,(H2,14,20)(H,15,16). The number of hydrogen-bond acceptors (Lipinski definition) is 4. The number of aryl methyl sites for hydroxylation is 1. The Morgan fingerprint density at radius 3 is 2.81 bits per heavy atom. The number of imidazole rings is 1. The van der Waals surface area contributed by atoms with Gasteiger partial charge in [-0.25, -0.2) is 4.98 Å². The monoisotopic (exact) mass is 388 g/mol. The third-order valence-corrected chi connectivity index (χ3v) is 4.71. The van der Waals surface area contributed by atoms with Crippen LogP contribution in [0.15, 0.2) is 33.9 Å². The van der Waals surface area contributed by atoms with E-state index in [1.54, 1.807) is 18.2 Å². The van der Waals surface area contributed by atoms with Crippen molar-refractivity contribution in [2.45, 2.75) is 18.4 Å². The van der Waals surface area contributed by atoms with Crippen molar-refractivity contribution in [3.05, 3.63) is 40.3 Å². The van der Waals surface area contributed by atoms with Crippen LogP contribution in [0.25, 0.3) is 0 Å². The van der Waals surface area contributed by atoms with E-state index in [9.17, 15) is 8.42 Å². The molecule has 2 rings (SSSR count). The number of aromatic amines is 1. The van der Waals surface area contributed by atoms with Crippen LogP contribution in [-0.4, -0.2) is 23.4 Å². The van der Waals surface area contributed by atoms with Gasteiger partial charge < -0.3 is 10.7 Å². The summed E-state index contributed by atoms with van der Waals surface area (Å²) in [5.74, 6) is 0.598. The van der Waals surface area contributed by atoms with E-state index in [1.807, 2.05) is 6.92 Å². The summed E-state index contributed by atoms with van der Waals surface area (Å²) < 4.78 is 27.8. The van der Waals surface area contributed by atoms with Gasteiger partial charge in [-0.05, 0) is 18.2 Å². The Morgan fingerprint density at radius 1 is 1.52 bits per heavy atom. The Bertz CT molecular complexity index is 786. The van der Waals surface area contributed by atoms with Crippen LogP contribution >= 0.6 is 28.1 Å². The summed E-state index contributed by atoms with van der Waals surface area (Å²) in [6.45, 7) is 1.88. The number of nitrogens with zero attached hydrogens (tertiary/aromatic N) is 1. The number of sulfonamides is 1. The average Bonchev–Trinajstić information content (AvgIpc) is 2.90. The minimum atomic E-state index is -3.77.